The van der Waals surface area contributed by atoms with Crippen molar-refractivity contribution in [3.8, 4) is 0 Å². The van der Waals surface area contributed by atoms with Gasteiger partial charge in [0.2, 0.25) is 0 Å². The number of hydrogen-bond acceptors (Lipinski definition) is 3. The Morgan fingerprint density at radius 3 is 2.58 bits per heavy atom. The maximum absolute atomic E-state index is 4.52. The Morgan fingerprint density at radius 1 is 1.16 bits per heavy atom. The van der Waals surface area contributed by atoms with Gasteiger partial charge < -0.3 is 5.32 Å². The third-order valence-corrected chi connectivity index (χ3v) is 3.31. The summed E-state index contributed by atoms with van der Waals surface area (Å²) in [7, 11) is 0. The number of nitrogens with zero attached hydrogens (tertiary/aromatic N) is 2. The molecule has 19 heavy (non-hydrogen) atoms. The zero-order valence-corrected chi connectivity index (χ0v) is 12.3. The minimum absolute atomic E-state index is 0.140. The summed E-state index contributed by atoms with van der Waals surface area (Å²) in [6.07, 6.45) is 4.64. The minimum atomic E-state index is 0.140. The van der Waals surface area contributed by atoms with Crippen molar-refractivity contribution < 1.29 is 0 Å². The third kappa shape index (κ3) is 3.10. The van der Waals surface area contributed by atoms with E-state index in [4.69, 9.17) is 0 Å². The Bertz CT molecular complexity index is 538. The molecule has 2 aromatic rings. The van der Waals surface area contributed by atoms with Gasteiger partial charge in [0.15, 0.2) is 0 Å². The fourth-order valence-corrected chi connectivity index (χ4v) is 2.42. The molecule has 0 aliphatic heterocycles. The van der Waals surface area contributed by atoms with Crippen LogP contribution in [0.1, 0.15) is 45.7 Å². The molecule has 0 bridgehead atoms. The summed E-state index contributed by atoms with van der Waals surface area (Å²) >= 11 is 0. The Kier molecular flexibility index (Phi) is 4.15. The van der Waals surface area contributed by atoms with Crippen LogP contribution in [0.15, 0.2) is 30.6 Å². The molecule has 1 atom stereocenters. The first-order valence-electron chi connectivity index (χ1n) is 6.97. The predicted molar refractivity (Wildman–Crippen MR) is 80.0 cm³/mol. The molecule has 1 unspecified atom stereocenters. The van der Waals surface area contributed by atoms with Crippen molar-refractivity contribution in [2.45, 2.75) is 40.2 Å². The lowest BCUT2D eigenvalue weighted by Gasteiger charge is -2.32. The summed E-state index contributed by atoms with van der Waals surface area (Å²) in [6, 6.07) is 6.53. The number of para-hydroxylation sites is 1. The molecule has 102 valence electrons. The highest BCUT2D eigenvalue weighted by Gasteiger charge is 2.27. The van der Waals surface area contributed by atoms with Crippen molar-refractivity contribution in [3.05, 3.63) is 36.2 Å². The first-order valence-corrected chi connectivity index (χ1v) is 6.97. The quantitative estimate of drug-likeness (QED) is 0.907. The second kappa shape index (κ2) is 5.66. The molecule has 1 N–H and O–H groups in total. The summed E-state index contributed by atoms with van der Waals surface area (Å²) in [5.41, 5.74) is 3.36. The highest BCUT2D eigenvalue weighted by atomic mass is 14.9. The second-order valence-electron chi connectivity index (χ2n) is 6.02. The Hall–Kier alpha value is -1.48. The predicted octanol–water partition coefficient (Wildman–Crippen LogP) is 3.72. The molecular formula is C16H23N3. The molecule has 0 fully saturated rings. The largest absolute Gasteiger partial charge is 0.309 e. The third-order valence-electron chi connectivity index (χ3n) is 3.31. The summed E-state index contributed by atoms with van der Waals surface area (Å²) < 4.78 is 0. The second-order valence-corrected chi connectivity index (χ2v) is 6.02. The zero-order chi connectivity index (χ0) is 13.9. The van der Waals surface area contributed by atoms with Crippen LogP contribution in [-0.2, 0) is 0 Å². The number of benzene rings is 1. The monoisotopic (exact) mass is 257 g/mol. The highest BCUT2D eigenvalue weighted by molar-refractivity contribution is 5.78. The molecular weight excluding hydrogens is 234 g/mol. The molecule has 0 radical (unpaired) electrons. The smallest absolute Gasteiger partial charge is 0.0934 e. The molecule has 0 amide bonds. The van der Waals surface area contributed by atoms with Gasteiger partial charge in [-0.15, -0.1) is 0 Å². The molecule has 2 rings (SSSR count). The molecule has 0 aliphatic rings. The van der Waals surface area contributed by atoms with Gasteiger partial charge in [-0.1, -0.05) is 39.8 Å². The van der Waals surface area contributed by atoms with E-state index >= 15 is 0 Å². The van der Waals surface area contributed by atoms with Crippen molar-refractivity contribution in [1.29, 1.82) is 0 Å². The van der Waals surface area contributed by atoms with Crippen LogP contribution in [0.25, 0.3) is 11.0 Å². The van der Waals surface area contributed by atoms with Crippen LogP contribution in [0, 0.1) is 5.41 Å². The van der Waals surface area contributed by atoms with Crippen LogP contribution in [-0.4, -0.2) is 16.5 Å². The van der Waals surface area contributed by atoms with E-state index in [1.165, 1.54) is 5.56 Å². The number of aromatic nitrogens is 2. The Morgan fingerprint density at radius 2 is 1.89 bits per heavy atom. The molecule has 0 aliphatic carbocycles. The summed E-state index contributed by atoms with van der Waals surface area (Å²) in [4.78, 5) is 8.92. The molecule has 1 heterocycles. The summed E-state index contributed by atoms with van der Waals surface area (Å²) in [5, 5.41) is 3.65. The van der Waals surface area contributed by atoms with Gasteiger partial charge in [0.25, 0.3) is 0 Å². The van der Waals surface area contributed by atoms with Gasteiger partial charge in [0, 0.05) is 18.4 Å². The summed E-state index contributed by atoms with van der Waals surface area (Å²) in [6.45, 7) is 9.98. The van der Waals surface area contributed by atoms with Crippen molar-refractivity contribution in [3.63, 3.8) is 0 Å². The molecule has 0 saturated heterocycles. The maximum atomic E-state index is 4.52. The van der Waals surface area contributed by atoms with Gasteiger partial charge in [0.05, 0.1) is 11.0 Å². The van der Waals surface area contributed by atoms with Gasteiger partial charge in [-0.3, -0.25) is 9.97 Å². The Labute approximate surface area is 115 Å². The van der Waals surface area contributed by atoms with E-state index in [0.717, 1.165) is 24.0 Å². The van der Waals surface area contributed by atoms with Crippen LogP contribution < -0.4 is 5.32 Å². The van der Waals surface area contributed by atoms with E-state index in [0.29, 0.717) is 0 Å². The fraction of sp³-hybridized carbons (Fsp3) is 0.500. The van der Waals surface area contributed by atoms with E-state index in [-0.39, 0.29) is 11.5 Å². The lowest BCUT2D eigenvalue weighted by molar-refractivity contribution is 0.274. The molecule has 0 spiro atoms. The van der Waals surface area contributed by atoms with Crippen molar-refractivity contribution >= 4 is 11.0 Å². The van der Waals surface area contributed by atoms with Crippen molar-refractivity contribution in [1.82, 2.24) is 15.3 Å². The van der Waals surface area contributed by atoms with Gasteiger partial charge in [-0.2, -0.15) is 0 Å². The molecule has 1 aromatic carbocycles. The van der Waals surface area contributed by atoms with Crippen LogP contribution >= 0.6 is 0 Å². The molecule has 1 aromatic heterocycles. The van der Waals surface area contributed by atoms with E-state index in [9.17, 15) is 0 Å². The van der Waals surface area contributed by atoms with E-state index in [2.05, 4.69) is 55.1 Å². The van der Waals surface area contributed by atoms with Gasteiger partial charge in [0.1, 0.15) is 0 Å². The number of rotatable bonds is 4. The maximum Gasteiger partial charge on any atom is 0.0934 e. The SMILES string of the molecule is CCCNC(c1cccc2nccnc12)C(C)(C)C. The van der Waals surface area contributed by atoms with Crippen molar-refractivity contribution in [2.75, 3.05) is 6.54 Å². The van der Waals surface area contributed by atoms with Crippen LogP contribution in [0.2, 0.25) is 0 Å². The van der Waals surface area contributed by atoms with Gasteiger partial charge in [-0.25, -0.2) is 0 Å². The van der Waals surface area contributed by atoms with Crippen LogP contribution in [0.5, 0.6) is 0 Å². The summed E-state index contributed by atoms with van der Waals surface area (Å²) in [5.74, 6) is 0. The van der Waals surface area contributed by atoms with Crippen LogP contribution in [0.4, 0.5) is 0 Å². The normalized spacial score (nSPS) is 13.7. The number of nitrogens with one attached hydrogen (secondary N) is 1. The van der Waals surface area contributed by atoms with E-state index < -0.39 is 0 Å². The van der Waals surface area contributed by atoms with Crippen molar-refractivity contribution in [2.24, 2.45) is 5.41 Å². The number of hydrogen-bond donors (Lipinski definition) is 1. The first kappa shape index (κ1) is 13.9. The van der Waals surface area contributed by atoms with E-state index in [1.54, 1.807) is 12.4 Å². The lowest BCUT2D eigenvalue weighted by atomic mass is 9.81. The van der Waals surface area contributed by atoms with E-state index in [1.807, 2.05) is 6.07 Å². The highest BCUT2D eigenvalue weighted by Crippen LogP contribution is 2.35. The standard InChI is InChI=1S/C16H23N3/c1-5-9-19-15(16(2,3)4)12-7-6-8-13-14(12)18-11-10-17-13/h6-8,10-11,15,19H,5,9H2,1-4H3. The number of fused-ring (bicyclic) bond motifs is 1. The average molecular weight is 257 g/mol. The molecule has 0 saturated carbocycles. The average Bonchev–Trinajstić information content (AvgIpc) is 2.38. The minimum Gasteiger partial charge on any atom is -0.309 e. The zero-order valence-electron chi connectivity index (χ0n) is 12.3. The topological polar surface area (TPSA) is 37.8 Å². The van der Waals surface area contributed by atoms with Gasteiger partial charge in [-0.05, 0) is 30.0 Å². The van der Waals surface area contributed by atoms with Crippen LogP contribution in [0.3, 0.4) is 0 Å². The van der Waals surface area contributed by atoms with Gasteiger partial charge >= 0.3 is 0 Å². The molecule has 3 heteroatoms. The fourth-order valence-electron chi connectivity index (χ4n) is 2.42. The Balaban J connectivity index is 2.49. The lowest BCUT2D eigenvalue weighted by Crippen LogP contribution is -2.33. The molecule has 3 nitrogen and oxygen atoms in total. The first-order chi connectivity index (χ1) is 9.04.